The Bertz CT molecular complexity index is 438. The second-order valence-corrected chi connectivity index (χ2v) is 5.70. The molecular weight excluding hydrogens is 320 g/mol. The number of amides is 1. The van der Waals surface area contributed by atoms with E-state index in [0.29, 0.717) is 30.3 Å². The van der Waals surface area contributed by atoms with E-state index >= 15 is 0 Å². The first-order valence-corrected chi connectivity index (χ1v) is 7.73. The summed E-state index contributed by atoms with van der Waals surface area (Å²) in [6.45, 7) is 2.81. The van der Waals surface area contributed by atoms with Crippen molar-refractivity contribution in [2.24, 2.45) is 11.7 Å². The van der Waals surface area contributed by atoms with E-state index in [-0.39, 0.29) is 5.91 Å². The lowest BCUT2D eigenvalue weighted by Gasteiger charge is -2.14. The summed E-state index contributed by atoms with van der Waals surface area (Å²) in [5.74, 6) is 1.20. The first-order chi connectivity index (χ1) is 9.60. The van der Waals surface area contributed by atoms with Gasteiger partial charge in [0, 0.05) is 10.9 Å². The summed E-state index contributed by atoms with van der Waals surface area (Å²) >= 11 is 3.39. The van der Waals surface area contributed by atoms with E-state index in [9.17, 15) is 4.79 Å². The van der Waals surface area contributed by atoms with E-state index in [2.05, 4.69) is 28.2 Å². The maximum Gasteiger partial charge on any atom is 0.224 e. The zero-order valence-corrected chi connectivity index (χ0v) is 13.7. The summed E-state index contributed by atoms with van der Waals surface area (Å²) in [7, 11) is 1.59. The molecule has 0 aliphatic rings. The molecule has 1 amide bonds. The van der Waals surface area contributed by atoms with E-state index in [1.807, 2.05) is 18.2 Å². The largest absolute Gasteiger partial charge is 0.495 e. The topological polar surface area (TPSA) is 64.4 Å². The van der Waals surface area contributed by atoms with Crippen LogP contribution < -0.4 is 15.8 Å². The molecule has 0 heterocycles. The number of hydrogen-bond acceptors (Lipinski definition) is 3. The number of carbonyl (C=O) groups excluding carboxylic acids is 1. The lowest BCUT2D eigenvalue weighted by Crippen LogP contribution is -2.15. The van der Waals surface area contributed by atoms with Crippen molar-refractivity contribution >= 4 is 27.5 Å². The lowest BCUT2D eigenvalue weighted by atomic mass is 9.96. The minimum atomic E-state index is 0.0110. The molecule has 0 aromatic heterocycles. The Labute approximate surface area is 129 Å². The van der Waals surface area contributed by atoms with Crippen LogP contribution in [0.15, 0.2) is 22.7 Å². The predicted molar refractivity (Wildman–Crippen MR) is 86.0 cm³/mol. The van der Waals surface area contributed by atoms with E-state index in [1.165, 1.54) is 0 Å². The van der Waals surface area contributed by atoms with Crippen LogP contribution in [-0.2, 0) is 4.79 Å². The molecule has 0 bridgehead atoms. The van der Waals surface area contributed by atoms with Crippen molar-refractivity contribution in [2.75, 3.05) is 19.0 Å². The summed E-state index contributed by atoms with van der Waals surface area (Å²) in [5.41, 5.74) is 6.26. The van der Waals surface area contributed by atoms with Crippen molar-refractivity contribution in [3.63, 3.8) is 0 Å². The highest BCUT2D eigenvalue weighted by atomic mass is 79.9. The minimum absolute atomic E-state index is 0.0110. The Hall–Kier alpha value is -1.07. The van der Waals surface area contributed by atoms with Gasteiger partial charge in [-0.1, -0.05) is 29.3 Å². The molecule has 0 fully saturated rings. The molecule has 0 saturated carbocycles. The standard InChI is InChI=1S/C15H23BrN2O2/c1-3-11(8-9-17)4-7-15(19)18-13-10-12(16)5-6-14(13)20-2/h5-6,10-11H,3-4,7-9,17H2,1-2H3,(H,18,19). The number of nitrogens with two attached hydrogens (primary N) is 1. The number of nitrogens with one attached hydrogen (secondary N) is 1. The fraction of sp³-hybridized carbons (Fsp3) is 0.533. The molecule has 0 spiro atoms. The average molecular weight is 343 g/mol. The molecule has 0 aliphatic carbocycles. The highest BCUT2D eigenvalue weighted by molar-refractivity contribution is 9.10. The molecule has 0 radical (unpaired) electrons. The molecule has 112 valence electrons. The van der Waals surface area contributed by atoms with Crippen LogP contribution in [0.3, 0.4) is 0 Å². The zero-order valence-electron chi connectivity index (χ0n) is 12.1. The quantitative estimate of drug-likeness (QED) is 0.759. The van der Waals surface area contributed by atoms with Gasteiger partial charge >= 0.3 is 0 Å². The van der Waals surface area contributed by atoms with Crippen LogP contribution in [0.4, 0.5) is 5.69 Å². The fourth-order valence-electron chi connectivity index (χ4n) is 2.11. The molecule has 4 nitrogen and oxygen atoms in total. The molecule has 1 atom stereocenters. The molecule has 20 heavy (non-hydrogen) atoms. The van der Waals surface area contributed by atoms with Gasteiger partial charge in [-0.15, -0.1) is 0 Å². The summed E-state index contributed by atoms with van der Waals surface area (Å²) in [6, 6.07) is 5.54. The van der Waals surface area contributed by atoms with E-state index in [0.717, 1.165) is 23.7 Å². The Morgan fingerprint density at radius 2 is 2.20 bits per heavy atom. The highest BCUT2D eigenvalue weighted by Crippen LogP contribution is 2.28. The van der Waals surface area contributed by atoms with Gasteiger partial charge in [0.05, 0.1) is 12.8 Å². The molecule has 5 heteroatoms. The molecule has 3 N–H and O–H groups in total. The van der Waals surface area contributed by atoms with Crippen LogP contribution in [0.5, 0.6) is 5.75 Å². The van der Waals surface area contributed by atoms with Gasteiger partial charge in [0.25, 0.3) is 0 Å². The minimum Gasteiger partial charge on any atom is -0.495 e. The van der Waals surface area contributed by atoms with Gasteiger partial charge < -0.3 is 15.8 Å². The molecule has 0 aliphatic heterocycles. The van der Waals surface area contributed by atoms with Gasteiger partial charge in [0.1, 0.15) is 5.75 Å². The zero-order chi connectivity index (χ0) is 15.0. The Kier molecular flexibility index (Phi) is 7.62. The first kappa shape index (κ1) is 17.0. The smallest absolute Gasteiger partial charge is 0.224 e. The van der Waals surface area contributed by atoms with Crippen molar-refractivity contribution in [1.82, 2.24) is 0 Å². The van der Waals surface area contributed by atoms with Gasteiger partial charge in [-0.3, -0.25) is 4.79 Å². The van der Waals surface area contributed by atoms with Gasteiger partial charge in [0.2, 0.25) is 5.91 Å². The van der Waals surface area contributed by atoms with Gasteiger partial charge in [-0.2, -0.15) is 0 Å². The SMILES string of the molecule is CCC(CCN)CCC(=O)Nc1cc(Br)ccc1OC. The van der Waals surface area contributed by atoms with Crippen molar-refractivity contribution in [1.29, 1.82) is 0 Å². The van der Waals surface area contributed by atoms with Crippen molar-refractivity contribution in [3.05, 3.63) is 22.7 Å². The van der Waals surface area contributed by atoms with Crippen molar-refractivity contribution < 1.29 is 9.53 Å². The maximum absolute atomic E-state index is 12.0. The monoisotopic (exact) mass is 342 g/mol. The lowest BCUT2D eigenvalue weighted by molar-refractivity contribution is -0.116. The first-order valence-electron chi connectivity index (χ1n) is 6.94. The van der Waals surface area contributed by atoms with Crippen LogP contribution in [0.25, 0.3) is 0 Å². The summed E-state index contributed by atoms with van der Waals surface area (Å²) in [5, 5.41) is 2.90. The van der Waals surface area contributed by atoms with Crippen LogP contribution in [0.1, 0.15) is 32.6 Å². The summed E-state index contributed by atoms with van der Waals surface area (Å²) in [6.07, 6.45) is 3.42. The number of anilines is 1. The van der Waals surface area contributed by atoms with E-state index in [4.69, 9.17) is 10.5 Å². The molecule has 1 unspecified atom stereocenters. The predicted octanol–water partition coefficient (Wildman–Crippen LogP) is 3.55. The summed E-state index contributed by atoms with van der Waals surface area (Å²) < 4.78 is 6.14. The maximum atomic E-state index is 12.0. The number of rotatable bonds is 8. The van der Waals surface area contributed by atoms with Gasteiger partial charge in [-0.05, 0) is 43.5 Å². The van der Waals surface area contributed by atoms with Crippen molar-refractivity contribution in [2.45, 2.75) is 32.6 Å². The fourth-order valence-corrected chi connectivity index (χ4v) is 2.48. The third kappa shape index (κ3) is 5.51. The van der Waals surface area contributed by atoms with Crippen LogP contribution >= 0.6 is 15.9 Å². The number of methoxy groups -OCH3 is 1. The number of halogens is 1. The second kappa shape index (κ2) is 8.97. The summed E-state index contributed by atoms with van der Waals surface area (Å²) in [4.78, 5) is 12.0. The van der Waals surface area contributed by atoms with E-state index in [1.54, 1.807) is 7.11 Å². The van der Waals surface area contributed by atoms with Crippen molar-refractivity contribution in [3.8, 4) is 5.75 Å². The number of benzene rings is 1. The molecule has 1 aromatic carbocycles. The van der Waals surface area contributed by atoms with Gasteiger partial charge in [-0.25, -0.2) is 0 Å². The van der Waals surface area contributed by atoms with Crippen LogP contribution in [0, 0.1) is 5.92 Å². The Balaban J connectivity index is 2.55. The van der Waals surface area contributed by atoms with Crippen LogP contribution in [0.2, 0.25) is 0 Å². The van der Waals surface area contributed by atoms with Crippen LogP contribution in [-0.4, -0.2) is 19.6 Å². The third-order valence-electron chi connectivity index (χ3n) is 3.37. The molecular formula is C15H23BrN2O2. The number of carbonyl (C=O) groups is 1. The normalized spacial score (nSPS) is 12.0. The number of hydrogen-bond donors (Lipinski definition) is 2. The third-order valence-corrected chi connectivity index (χ3v) is 3.86. The molecule has 1 aromatic rings. The molecule has 1 rings (SSSR count). The highest BCUT2D eigenvalue weighted by Gasteiger charge is 2.11. The van der Waals surface area contributed by atoms with Gasteiger partial charge in [0.15, 0.2) is 0 Å². The second-order valence-electron chi connectivity index (χ2n) is 4.78. The Morgan fingerprint density at radius 3 is 2.80 bits per heavy atom. The Morgan fingerprint density at radius 1 is 1.45 bits per heavy atom. The molecule has 0 saturated heterocycles. The number of ether oxygens (including phenoxy) is 1. The average Bonchev–Trinajstić information content (AvgIpc) is 2.43. The van der Waals surface area contributed by atoms with E-state index < -0.39 is 0 Å².